The summed E-state index contributed by atoms with van der Waals surface area (Å²) >= 11 is 0. The van der Waals surface area contributed by atoms with Crippen LogP contribution in [0, 0.1) is 242 Å². The molecule has 5 heterocycles. The molecule has 0 saturated heterocycles. The second-order valence-electron chi connectivity index (χ2n) is 43.0. The molecule has 5 aromatic heterocycles. The third-order valence-electron chi connectivity index (χ3n) is 30.0. The highest BCUT2D eigenvalue weighted by atomic mass is 14.9. The largest absolute Gasteiger partial charge is 0.237 e. The number of aromatic nitrogens is 10. The van der Waals surface area contributed by atoms with Crippen LogP contribution in [0.15, 0.2) is 0 Å². The molecular weight excluding hydrogens is 1520 g/mol. The second kappa shape index (κ2) is 33.1. The van der Waals surface area contributed by atoms with E-state index in [0.29, 0.717) is 0 Å². The predicted molar refractivity (Wildman–Crippen MR) is 545 cm³/mol. The van der Waals surface area contributed by atoms with Crippen molar-refractivity contribution in [1.29, 1.82) is 0 Å². The van der Waals surface area contributed by atoms with E-state index in [4.69, 9.17) is 49.8 Å². The van der Waals surface area contributed by atoms with Crippen molar-refractivity contribution in [3.05, 3.63) is 224 Å². The van der Waals surface area contributed by atoms with E-state index in [2.05, 4.69) is 346 Å². The van der Waals surface area contributed by atoms with Crippen molar-refractivity contribution < 1.29 is 0 Å². The summed E-state index contributed by atoms with van der Waals surface area (Å²) in [7, 11) is 0. The van der Waals surface area contributed by atoms with E-state index in [-0.39, 0.29) is 27.1 Å². The summed E-state index contributed by atoms with van der Waals surface area (Å²) in [5, 5.41) is 19.8. The lowest BCUT2D eigenvalue weighted by molar-refractivity contribution is 0.546. The van der Waals surface area contributed by atoms with Gasteiger partial charge in [-0.15, -0.1) is 0 Å². The fourth-order valence-electron chi connectivity index (χ4n) is 19.9. The normalized spacial score (nSPS) is 12.4. The minimum Gasteiger partial charge on any atom is -0.237 e. The van der Waals surface area contributed by atoms with E-state index in [1.54, 1.807) is 0 Å². The zero-order chi connectivity index (χ0) is 94.2. The van der Waals surface area contributed by atoms with E-state index >= 15 is 0 Å². The fraction of sp³-hybridized carbons (Fsp3) is 0.478. The van der Waals surface area contributed by atoms with E-state index in [1.165, 1.54) is 248 Å². The molecule has 660 valence electrons. The molecule has 0 N–H and O–H groups in total. The van der Waals surface area contributed by atoms with Crippen LogP contribution in [-0.2, 0) is 27.1 Å². The molecule has 0 fully saturated rings. The first kappa shape index (κ1) is 95.8. The minimum atomic E-state index is -0.100. The lowest BCUT2D eigenvalue weighted by Crippen LogP contribution is -2.17. The summed E-state index contributed by atoms with van der Waals surface area (Å²) in [4.78, 5) is 49.7. The first-order valence-electron chi connectivity index (χ1n) is 45.7. The van der Waals surface area contributed by atoms with Crippen LogP contribution in [0.5, 0.6) is 0 Å². The standard InChI is InChI=1S/C29H36N2.3C23H30N2.C17H24N2/c1-13-14(2)19(7)24-22(17(13)5)23-18(6)15(3)16(4)20(8)25(23)27-26(24)21(9)30-28(31-27)29(10,11)12;1-11-12(2)14(4)19-16(6)21-20(15(5)18(19)13(11)3)17(7)24-22(25-21)23(8,9)10;1-11-12(2)14(4)20-18(13(11)3)15(5)16(6)19-17(7)24-22(23(8,9)10)25-21(19)20;1-11-12(2)14(4)19-18(13(11)3)15(5)16(6)21-20(19)17(7)24-22(25-21)23(8,9)10;1-9-10(2)12(4)15-14(11(9)3)13(5)18-16(19-15)17(6,7)8/h1-12H3;3*1-10H3;1-8H3. The van der Waals surface area contributed by atoms with Gasteiger partial charge in [0, 0.05) is 93.2 Å². The molecule has 0 aliphatic heterocycles. The summed E-state index contributed by atoms with van der Waals surface area (Å²) in [6.07, 6.45) is 0. The van der Waals surface area contributed by atoms with Gasteiger partial charge >= 0.3 is 0 Å². The second-order valence-corrected chi connectivity index (χ2v) is 43.0. The van der Waals surface area contributed by atoms with Gasteiger partial charge < -0.3 is 0 Å². The monoisotopic (exact) mass is 1670 g/mol. The third-order valence-corrected chi connectivity index (χ3v) is 30.0. The highest BCUT2D eigenvalue weighted by molar-refractivity contribution is 6.29. The van der Waals surface area contributed by atoms with Crippen molar-refractivity contribution >= 4 is 108 Å². The Morgan fingerprint density at radius 3 is 0.552 bits per heavy atom. The molecule has 0 aliphatic rings. The fourth-order valence-corrected chi connectivity index (χ4v) is 19.9. The van der Waals surface area contributed by atoms with E-state index in [9.17, 15) is 0 Å². The molecule has 15 aromatic rings. The molecule has 0 bridgehead atoms. The summed E-state index contributed by atoms with van der Waals surface area (Å²) < 4.78 is 0. The smallest absolute Gasteiger partial charge is 0.134 e. The van der Waals surface area contributed by atoms with Crippen molar-refractivity contribution in [2.24, 2.45) is 0 Å². The molecule has 15 rings (SSSR count). The number of nitrogens with zero attached hydrogens (tertiary/aromatic N) is 10. The maximum Gasteiger partial charge on any atom is 0.134 e. The Morgan fingerprint density at radius 1 is 0.104 bits per heavy atom. The Morgan fingerprint density at radius 2 is 0.240 bits per heavy atom. The number of rotatable bonds is 0. The first-order chi connectivity index (χ1) is 57.3. The van der Waals surface area contributed by atoms with Gasteiger partial charge in [-0.1, -0.05) is 104 Å². The van der Waals surface area contributed by atoms with E-state index in [1.807, 2.05) is 0 Å². The molecule has 0 unspecified atom stereocenters. The summed E-state index contributed by atoms with van der Waals surface area (Å²) in [6, 6.07) is 0. The average Bonchev–Trinajstić information content (AvgIpc) is 0.705. The molecule has 0 radical (unpaired) electrons. The van der Waals surface area contributed by atoms with Crippen molar-refractivity contribution in [3.8, 4) is 0 Å². The Bertz CT molecular complexity index is 7090. The molecule has 10 nitrogen and oxygen atoms in total. The molecule has 0 spiro atoms. The van der Waals surface area contributed by atoms with Crippen molar-refractivity contribution in [1.82, 2.24) is 49.8 Å². The topological polar surface area (TPSA) is 129 Å². The minimum absolute atomic E-state index is 0.0158. The van der Waals surface area contributed by atoms with Crippen LogP contribution in [0.25, 0.3) is 108 Å². The zero-order valence-corrected chi connectivity index (χ0v) is 87.0. The number of aryl methyl sites for hydroxylation is 23. The molecule has 125 heavy (non-hydrogen) atoms. The molecule has 0 saturated carbocycles. The summed E-state index contributed by atoms with van der Waals surface area (Å²) in [5.74, 6) is 4.64. The van der Waals surface area contributed by atoms with E-state index < -0.39 is 0 Å². The first-order valence-corrected chi connectivity index (χ1v) is 45.7. The van der Waals surface area contributed by atoms with Gasteiger partial charge in [0.1, 0.15) is 29.1 Å². The molecule has 0 atom stereocenters. The Balaban J connectivity index is 0.000000153. The summed E-state index contributed by atoms with van der Waals surface area (Å²) in [5.41, 5.74) is 51.6. The van der Waals surface area contributed by atoms with Gasteiger partial charge in [-0.25, -0.2) is 49.8 Å². The third kappa shape index (κ3) is 16.0. The van der Waals surface area contributed by atoms with Crippen LogP contribution >= 0.6 is 0 Å². The lowest BCUT2D eigenvalue weighted by Gasteiger charge is -2.25. The summed E-state index contributed by atoms with van der Waals surface area (Å²) in [6.45, 7) is 111. The van der Waals surface area contributed by atoms with Gasteiger partial charge in [0.2, 0.25) is 0 Å². The molecule has 10 heteroatoms. The molecule has 0 aliphatic carbocycles. The van der Waals surface area contributed by atoms with Crippen molar-refractivity contribution in [3.63, 3.8) is 0 Å². The van der Waals surface area contributed by atoms with Crippen LogP contribution in [0.4, 0.5) is 0 Å². The van der Waals surface area contributed by atoms with E-state index in [0.717, 1.165) is 85.2 Å². The number of hydrogen-bond donors (Lipinski definition) is 0. The Kier molecular flexibility index (Phi) is 25.4. The predicted octanol–water partition coefficient (Wildman–Crippen LogP) is 31.2. The van der Waals surface area contributed by atoms with Gasteiger partial charge in [0.15, 0.2) is 0 Å². The average molecular weight is 1670 g/mol. The van der Waals surface area contributed by atoms with Crippen LogP contribution in [0.1, 0.15) is 328 Å². The van der Waals surface area contributed by atoms with Gasteiger partial charge in [0.05, 0.1) is 27.6 Å². The van der Waals surface area contributed by atoms with Crippen LogP contribution in [0.3, 0.4) is 0 Å². The van der Waals surface area contributed by atoms with Gasteiger partial charge in [-0.2, -0.15) is 0 Å². The highest BCUT2D eigenvalue weighted by Gasteiger charge is 2.32. The molecule has 10 aromatic carbocycles. The van der Waals surface area contributed by atoms with Gasteiger partial charge in [-0.05, 0) is 452 Å². The molecule has 0 amide bonds. The SMILES string of the molecule is Cc1c(C)c(C)c2c(C)c3c(C)nc(C(C)(C)C)nc3c(C)c2c1C.Cc1c(C)c(C)c2c(C)nc(C(C)(C)C)nc2c1C.Cc1c(C)c(C)c2c(c1C)c(C)c(C)c1c(C)nc(C(C)(C)C)nc12.Cc1c(C)c(C)c2c(c1C)c(C)c(C)c1nc(C(C)(C)C)nc(C)c12.Cc1c(C)c(C)c2c(c1C)c1nc(C(C)(C)C)nc(C)c1c1c(C)c(C)c(C)c(C)c12. The number of fused-ring (bicyclic) bond motifs is 15. The van der Waals surface area contributed by atoms with Gasteiger partial charge in [0.25, 0.3) is 0 Å². The number of benzene rings is 10. The number of hydrogen-bond acceptors (Lipinski definition) is 10. The maximum absolute atomic E-state index is 5.27. The quantitative estimate of drug-likeness (QED) is 0.107. The van der Waals surface area contributed by atoms with Gasteiger partial charge in [-0.3, -0.25) is 0 Å². The lowest BCUT2D eigenvalue weighted by atomic mass is 9.81. The van der Waals surface area contributed by atoms with Crippen LogP contribution in [0.2, 0.25) is 0 Å². The van der Waals surface area contributed by atoms with Crippen LogP contribution in [-0.4, -0.2) is 49.8 Å². The highest BCUT2D eigenvalue weighted by Crippen LogP contribution is 2.49. The van der Waals surface area contributed by atoms with Crippen molar-refractivity contribution in [2.45, 2.75) is 373 Å². The Labute approximate surface area is 751 Å². The van der Waals surface area contributed by atoms with Crippen LogP contribution < -0.4 is 0 Å². The molecular formula is C115H150N10. The Hall–Kier alpha value is -9.80. The van der Waals surface area contributed by atoms with Crippen molar-refractivity contribution in [2.75, 3.05) is 0 Å². The zero-order valence-electron chi connectivity index (χ0n) is 87.0. The maximum atomic E-state index is 5.27.